The molecular formula is C15H20N2O6. The van der Waals surface area contributed by atoms with Crippen molar-refractivity contribution < 1.29 is 29.3 Å². The van der Waals surface area contributed by atoms with E-state index >= 15 is 0 Å². The number of carbonyl (C=O) groups is 3. The van der Waals surface area contributed by atoms with Crippen molar-refractivity contribution in [2.24, 2.45) is 0 Å². The molecule has 4 N–H and O–H groups in total. The highest BCUT2D eigenvalue weighted by Crippen LogP contribution is 2.00. The quantitative estimate of drug-likeness (QED) is 0.470. The Morgan fingerprint density at radius 2 is 1.78 bits per heavy atom. The fourth-order valence-corrected chi connectivity index (χ4v) is 1.75. The summed E-state index contributed by atoms with van der Waals surface area (Å²) in [6, 6.07) is 8.09. The molecule has 0 saturated heterocycles. The van der Waals surface area contributed by atoms with Crippen LogP contribution in [0.5, 0.6) is 0 Å². The van der Waals surface area contributed by atoms with Crippen molar-refractivity contribution in [3.8, 4) is 0 Å². The normalized spacial score (nSPS) is 11.5. The van der Waals surface area contributed by atoms with E-state index in [0.717, 1.165) is 5.56 Å². The Bertz CT molecular complexity index is 520. The second kappa shape index (κ2) is 10.2. The van der Waals surface area contributed by atoms with Gasteiger partial charge < -0.3 is 25.6 Å². The van der Waals surface area contributed by atoms with Crippen LogP contribution in [0.25, 0.3) is 0 Å². The van der Waals surface area contributed by atoms with E-state index in [-0.39, 0.29) is 13.2 Å². The third-order valence-electron chi connectivity index (χ3n) is 2.90. The number of rotatable bonds is 10. The highest BCUT2D eigenvalue weighted by atomic mass is 16.5. The molecule has 1 aromatic rings. The summed E-state index contributed by atoms with van der Waals surface area (Å²) in [6.45, 7) is 0.730. The van der Waals surface area contributed by atoms with Crippen LogP contribution in [0.4, 0.5) is 4.79 Å². The molecule has 0 aliphatic heterocycles. The summed E-state index contributed by atoms with van der Waals surface area (Å²) in [7, 11) is 0. The average Bonchev–Trinajstić information content (AvgIpc) is 2.52. The van der Waals surface area contributed by atoms with Crippen molar-refractivity contribution in [3.05, 3.63) is 35.9 Å². The molecule has 0 bridgehead atoms. The summed E-state index contributed by atoms with van der Waals surface area (Å²) in [5.41, 5.74) is 0.877. The Morgan fingerprint density at radius 3 is 2.39 bits per heavy atom. The lowest BCUT2D eigenvalue weighted by atomic mass is 10.2. The van der Waals surface area contributed by atoms with E-state index < -0.39 is 30.5 Å². The number of benzene rings is 1. The van der Waals surface area contributed by atoms with Gasteiger partial charge in [0.1, 0.15) is 12.6 Å². The van der Waals surface area contributed by atoms with Gasteiger partial charge in [-0.05, 0) is 18.5 Å². The molecular weight excluding hydrogens is 304 g/mol. The molecule has 1 atom stereocenters. The molecule has 0 fully saturated rings. The van der Waals surface area contributed by atoms with Crippen LogP contribution in [-0.2, 0) is 20.9 Å². The van der Waals surface area contributed by atoms with Gasteiger partial charge in [-0.3, -0.25) is 9.59 Å². The van der Waals surface area contributed by atoms with E-state index in [0.29, 0.717) is 13.0 Å². The van der Waals surface area contributed by atoms with Gasteiger partial charge in [0.05, 0.1) is 6.42 Å². The number of carboxylic acids is 2. The molecule has 8 heteroatoms. The van der Waals surface area contributed by atoms with Crippen LogP contribution in [0.1, 0.15) is 18.4 Å². The van der Waals surface area contributed by atoms with E-state index in [1.54, 1.807) is 0 Å². The third-order valence-corrected chi connectivity index (χ3v) is 2.90. The fraction of sp³-hybridized carbons (Fsp3) is 0.400. The summed E-state index contributed by atoms with van der Waals surface area (Å²) in [5.74, 6) is -2.41. The first-order chi connectivity index (χ1) is 11.0. The second-order valence-electron chi connectivity index (χ2n) is 4.78. The number of amides is 1. The van der Waals surface area contributed by atoms with E-state index in [2.05, 4.69) is 10.6 Å². The topological polar surface area (TPSA) is 125 Å². The number of ether oxygens (including phenoxy) is 1. The number of alkyl carbamates (subject to hydrolysis) is 1. The Hall–Kier alpha value is -2.61. The van der Waals surface area contributed by atoms with Crippen LogP contribution in [0.3, 0.4) is 0 Å². The van der Waals surface area contributed by atoms with Gasteiger partial charge in [-0.1, -0.05) is 30.3 Å². The number of hydrogen-bond donors (Lipinski definition) is 4. The molecule has 23 heavy (non-hydrogen) atoms. The zero-order valence-corrected chi connectivity index (χ0v) is 12.5. The molecule has 1 aromatic carbocycles. The molecule has 0 aliphatic carbocycles. The van der Waals surface area contributed by atoms with Crippen molar-refractivity contribution in [1.82, 2.24) is 10.6 Å². The minimum atomic E-state index is -1.22. The van der Waals surface area contributed by atoms with Crippen LogP contribution >= 0.6 is 0 Å². The van der Waals surface area contributed by atoms with Crippen molar-refractivity contribution >= 4 is 18.0 Å². The monoisotopic (exact) mass is 324 g/mol. The van der Waals surface area contributed by atoms with Crippen LogP contribution in [0.15, 0.2) is 30.3 Å². The number of carbonyl (C=O) groups excluding carboxylic acids is 1. The van der Waals surface area contributed by atoms with E-state index in [4.69, 9.17) is 14.9 Å². The van der Waals surface area contributed by atoms with E-state index in [9.17, 15) is 14.4 Å². The number of aliphatic carboxylic acids is 2. The highest BCUT2D eigenvalue weighted by molar-refractivity contribution is 5.80. The molecule has 126 valence electrons. The third kappa shape index (κ3) is 8.42. The first-order valence-corrected chi connectivity index (χ1v) is 7.11. The van der Waals surface area contributed by atoms with Gasteiger partial charge in [0.2, 0.25) is 0 Å². The summed E-state index contributed by atoms with van der Waals surface area (Å²) in [5, 5.41) is 22.6. The molecule has 0 aliphatic rings. The zero-order chi connectivity index (χ0) is 17.1. The predicted molar refractivity (Wildman–Crippen MR) is 80.9 cm³/mol. The maximum absolute atomic E-state index is 11.4. The molecule has 1 amide bonds. The smallest absolute Gasteiger partial charge is 0.407 e. The average molecular weight is 324 g/mol. The second-order valence-corrected chi connectivity index (χ2v) is 4.78. The summed E-state index contributed by atoms with van der Waals surface area (Å²) in [6.07, 6.45) is -0.611. The van der Waals surface area contributed by atoms with Gasteiger partial charge in [-0.2, -0.15) is 0 Å². The molecule has 0 unspecified atom stereocenters. The zero-order valence-electron chi connectivity index (χ0n) is 12.5. The largest absolute Gasteiger partial charge is 0.481 e. The Balaban J connectivity index is 2.12. The summed E-state index contributed by atoms with van der Waals surface area (Å²) >= 11 is 0. The first-order valence-electron chi connectivity index (χ1n) is 7.11. The molecule has 0 saturated carbocycles. The van der Waals surface area contributed by atoms with E-state index in [1.807, 2.05) is 30.3 Å². The number of hydrogen-bond acceptors (Lipinski definition) is 5. The van der Waals surface area contributed by atoms with Gasteiger partial charge in [-0.25, -0.2) is 4.79 Å². The number of nitrogens with one attached hydrogen (secondary N) is 2. The minimum Gasteiger partial charge on any atom is -0.481 e. The molecule has 1 rings (SSSR count). The van der Waals surface area contributed by atoms with Gasteiger partial charge in [0.15, 0.2) is 0 Å². The number of carboxylic acid groups (broad SMARTS) is 2. The van der Waals surface area contributed by atoms with Crippen molar-refractivity contribution in [3.63, 3.8) is 0 Å². The van der Waals surface area contributed by atoms with Gasteiger partial charge in [0.25, 0.3) is 0 Å². The molecule has 0 heterocycles. The molecule has 8 nitrogen and oxygen atoms in total. The fourth-order valence-electron chi connectivity index (χ4n) is 1.75. The first kappa shape index (κ1) is 18.4. The summed E-state index contributed by atoms with van der Waals surface area (Å²) in [4.78, 5) is 32.8. The Kier molecular flexibility index (Phi) is 8.16. The van der Waals surface area contributed by atoms with Gasteiger partial charge >= 0.3 is 18.0 Å². The SMILES string of the molecule is O=C(O)C[C@@H](NCCCNC(=O)OCc1ccccc1)C(=O)O. The maximum atomic E-state index is 11.4. The van der Waals surface area contributed by atoms with Crippen LogP contribution in [-0.4, -0.2) is 47.4 Å². The Morgan fingerprint density at radius 1 is 1.09 bits per heavy atom. The lowest BCUT2D eigenvalue weighted by Gasteiger charge is -2.12. The summed E-state index contributed by atoms with van der Waals surface area (Å²) < 4.78 is 5.00. The van der Waals surface area contributed by atoms with Crippen LogP contribution in [0, 0.1) is 0 Å². The van der Waals surface area contributed by atoms with Crippen LogP contribution in [0.2, 0.25) is 0 Å². The van der Waals surface area contributed by atoms with Crippen LogP contribution < -0.4 is 10.6 Å². The predicted octanol–water partition coefficient (Wildman–Crippen LogP) is 0.820. The van der Waals surface area contributed by atoms with Crippen molar-refractivity contribution in [1.29, 1.82) is 0 Å². The maximum Gasteiger partial charge on any atom is 0.407 e. The highest BCUT2D eigenvalue weighted by Gasteiger charge is 2.19. The standard InChI is InChI=1S/C15H20N2O6/c18-13(19)9-12(14(20)21)16-7-4-8-17-15(22)23-10-11-5-2-1-3-6-11/h1-3,5-6,12,16H,4,7-10H2,(H,17,22)(H,18,19)(H,20,21)/t12-/m1/s1. The van der Waals surface area contributed by atoms with E-state index in [1.165, 1.54) is 0 Å². The minimum absolute atomic E-state index is 0.171. The molecule has 0 radical (unpaired) electrons. The molecule has 0 aromatic heterocycles. The van der Waals surface area contributed by atoms with Crippen molar-refractivity contribution in [2.45, 2.75) is 25.5 Å². The van der Waals surface area contributed by atoms with Crippen molar-refractivity contribution in [2.75, 3.05) is 13.1 Å². The molecule has 0 spiro atoms. The van der Waals surface area contributed by atoms with Gasteiger partial charge in [-0.15, -0.1) is 0 Å². The Labute approximate surface area is 133 Å². The lowest BCUT2D eigenvalue weighted by molar-refractivity contribution is -0.145. The van der Waals surface area contributed by atoms with Gasteiger partial charge in [0, 0.05) is 6.54 Å². The lowest BCUT2D eigenvalue weighted by Crippen LogP contribution is -2.40.